The number of carbonyl (C=O) groups excluding carboxylic acids is 2. The summed E-state index contributed by atoms with van der Waals surface area (Å²) in [6.07, 6.45) is 0.265. The molecule has 1 saturated carbocycles. The maximum Gasteiger partial charge on any atom is 0.437 e. The van der Waals surface area contributed by atoms with Gasteiger partial charge in [-0.25, -0.2) is 9.78 Å². The van der Waals surface area contributed by atoms with Gasteiger partial charge in [0.1, 0.15) is 11.9 Å². The highest BCUT2D eigenvalue weighted by atomic mass is 19.4. The van der Waals surface area contributed by atoms with Gasteiger partial charge in [-0.15, -0.1) is 0 Å². The number of alkyl halides is 3. The summed E-state index contributed by atoms with van der Waals surface area (Å²) in [4.78, 5) is 38.0. The average Bonchev–Trinajstić information content (AvgIpc) is 3.56. The van der Waals surface area contributed by atoms with Gasteiger partial charge in [0.15, 0.2) is 5.69 Å². The van der Waals surface area contributed by atoms with Crippen LogP contribution in [0.1, 0.15) is 55.8 Å². The van der Waals surface area contributed by atoms with Crippen LogP contribution in [0.3, 0.4) is 0 Å². The number of hydrogen-bond acceptors (Lipinski definition) is 8. The zero-order chi connectivity index (χ0) is 26.6. The van der Waals surface area contributed by atoms with Gasteiger partial charge in [0.2, 0.25) is 5.76 Å². The summed E-state index contributed by atoms with van der Waals surface area (Å²) in [5, 5.41) is 2.40. The Kier molecular flexibility index (Phi) is 8.08. The van der Waals surface area contributed by atoms with E-state index in [1.54, 1.807) is 30.9 Å². The van der Waals surface area contributed by atoms with E-state index in [1.807, 2.05) is 4.90 Å². The molecule has 1 N–H and O–H groups in total. The number of aromatic nitrogens is 2. The van der Waals surface area contributed by atoms with Crippen LogP contribution in [0.15, 0.2) is 22.7 Å². The van der Waals surface area contributed by atoms with Crippen molar-refractivity contribution in [1.82, 2.24) is 14.9 Å². The van der Waals surface area contributed by atoms with Crippen molar-refractivity contribution in [2.75, 3.05) is 54.4 Å². The standard InChI is InChI=1S/C24H31F3N6O4/c1-3-31(4-2)22-30-20(24(25,26)27)19(37-22)21(34)29-16-9-10-18(28-15-16)32-11-13-33(14-12-32)23(35)36-17-7-5-6-8-17/h9-10,15,17H,3-8,11-14H2,1-2H3,(H,29,34). The normalized spacial score (nSPS) is 16.7. The third-order valence-electron chi connectivity index (χ3n) is 6.56. The van der Waals surface area contributed by atoms with Crippen molar-refractivity contribution in [3.63, 3.8) is 0 Å². The molecule has 202 valence electrons. The van der Waals surface area contributed by atoms with Crippen LogP contribution in [0.5, 0.6) is 0 Å². The molecular weight excluding hydrogens is 493 g/mol. The molecule has 0 bridgehead atoms. The van der Waals surface area contributed by atoms with Crippen LogP contribution in [-0.2, 0) is 10.9 Å². The first-order valence-corrected chi connectivity index (χ1v) is 12.5. The monoisotopic (exact) mass is 524 g/mol. The Morgan fingerprint density at radius 1 is 1.14 bits per heavy atom. The second-order valence-corrected chi connectivity index (χ2v) is 8.97. The van der Waals surface area contributed by atoms with Gasteiger partial charge in [0.05, 0.1) is 11.9 Å². The van der Waals surface area contributed by atoms with Crippen molar-refractivity contribution in [2.24, 2.45) is 0 Å². The van der Waals surface area contributed by atoms with Crippen molar-refractivity contribution in [3.05, 3.63) is 29.8 Å². The van der Waals surface area contributed by atoms with Crippen LogP contribution in [0.25, 0.3) is 0 Å². The Morgan fingerprint density at radius 2 is 1.81 bits per heavy atom. The number of carbonyl (C=O) groups is 2. The minimum absolute atomic E-state index is 0.0166. The first kappa shape index (κ1) is 26.6. The third-order valence-corrected chi connectivity index (χ3v) is 6.56. The number of hydrogen-bond donors (Lipinski definition) is 1. The smallest absolute Gasteiger partial charge is 0.437 e. The molecule has 0 unspecified atom stereocenters. The second kappa shape index (κ2) is 11.3. The van der Waals surface area contributed by atoms with Crippen LogP contribution >= 0.6 is 0 Å². The highest BCUT2D eigenvalue weighted by Crippen LogP contribution is 2.34. The number of anilines is 3. The Labute approximate surface area is 212 Å². The highest BCUT2D eigenvalue weighted by Gasteiger charge is 2.42. The number of ether oxygens (including phenoxy) is 1. The summed E-state index contributed by atoms with van der Waals surface area (Å²) in [6.45, 7) is 6.33. The third kappa shape index (κ3) is 6.25. The van der Waals surface area contributed by atoms with Gasteiger partial charge in [-0.1, -0.05) is 0 Å². The van der Waals surface area contributed by atoms with E-state index < -0.39 is 23.5 Å². The molecule has 37 heavy (non-hydrogen) atoms. The van der Waals surface area contributed by atoms with Crippen LogP contribution < -0.4 is 15.1 Å². The number of oxazole rings is 1. The Morgan fingerprint density at radius 3 is 2.38 bits per heavy atom. The first-order valence-electron chi connectivity index (χ1n) is 12.5. The fraction of sp³-hybridized carbons (Fsp3) is 0.583. The number of nitrogens with one attached hydrogen (secondary N) is 1. The van der Waals surface area contributed by atoms with E-state index in [2.05, 4.69) is 15.3 Å². The van der Waals surface area contributed by atoms with Gasteiger partial charge in [-0.3, -0.25) is 4.79 Å². The molecule has 1 aliphatic carbocycles. The van der Waals surface area contributed by atoms with Crippen molar-refractivity contribution < 1.29 is 31.9 Å². The zero-order valence-electron chi connectivity index (χ0n) is 20.9. The summed E-state index contributed by atoms with van der Waals surface area (Å²) >= 11 is 0. The lowest BCUT2D eigenvalue weighted by atomic mass is 10.3. The summed E-state index contributed by atoms with van der Waals surface area (Å²) < 4.78 is 51.3. The highest BCUT2D eigenvalue weighted by molar-refractivity contribution is 6.03. The Bertz CT molecular complexity index is 1070. The minimum atomic E-state index is -4.85. The van der Waals surface area contributed by atoms with Crippen molar-refractivity contribution >= 4 is 29.5 Å². The minimum Gasteiger partial charge on any atom is -0.446 e. The van der Waals surface area contributed by atoms with Gasteiger partial charge in [0.25, 0.3) is 11.9 Å². The van der Waals surface area contributed by atoms with Gasteiger partial charge >= 0.3 is 12.3 Å². The number of amides is 2. The lowest BCUT2D eigenvalue weighted by molar-refractivity contribution is -0.141. The molecule has 2 aliphatic rings. The number of halogens is 3. The number of nitrogens with zero attached hydrogens (tertiary/aromatic N) is 5. The molecule has 3 heterocycles. The van der Waals surface area contributed by atoms with Crippen molar-refractivity contribution in [1.29, 1.82) is 0 Å². The maximum absolute atomic E-state index is 13.5. The molecule has 0 radical (unpaired) electrons. The molecule has 0 spiro atoms. The molecule has 13 heteroatoms. The van der Waals surface area contributed by atoms with Gasteiger partial charge in [-0.2, -0.15) is 18.2 Å². The van der Waals surface area contributed by atoms with E-state index >= 15 is 0 Å². The van der Waals surface area contributed by atoms with Gasteiger partial charge < -0.3 is 29.2 Å². The van der Waals surface area contributed by atoms with Crippen LogP contribution in [-0.4, -0.2) is 72.2 Å². The summed E-state index contributed by atoms with van der Waals surface area (Å²) in [7, 11) is 0. The second-order valence-electron chi connectivity index (χ2n) is 8.97. The van der Waals surface area contributed by atoms with Crippen molar-refractivity contribution in [2.45, 2.75) is 51.8 Å². The summed E-state index contributed by atoms with van der Waals surface area (Å²) in [6, 6.07) is 2.95. The molecule has 2 fully saturated rings. The molecular formula is C24H31F3N6O4. The van der Waals surface area contributed by atoms with Crippen LogP contribution in [0, 0.1) is 0 Å². The van der Waals surface area contributed by atoms with E-state index in [9.17, 15) is 22.8 Å². The zero-order valence-corrected chi connectivity index (χ0v) is 20.9. The molecule has 4 rings (SSSR count). The van der Waals surface area contributed by atoms with Crippen LogP contribution in [0.4, 0.5) is 35.5 Å². The molecule has 2 aromatic rings. The predicted molar refractivity (Wildman–Crippen MR) is 130 cm³/mol. The van der Waals surface area contributed by atoms with E-state index in [-0.39, 0.29) is 23.9 Å². The number of piperazine rings is 1. The van der Waals surface area contributed by atoms with E-state index in [0.717, 1.165) is 25.7 Å². The fourth-order valence-corrected chi connectivity index (χ4v) is 4.46. The average molecular weight is 525 g/mol. The summed E-state index contributed by atoms with van der Waals surface area (Å²) in [5.41, 5.74) is -1.16. The topological polar surface area (TPSA) is 104 Å². The molecule has 1 aliphatic heterocycles. The van der Waals surface area contributed by atoms with Gasteiger partial charge in [-0.05, 0) is 51.7 Å². The Hall–Kier alpha value is -3.51. The molecule has 10 nitrogen and oxygen atoms in total. The molecule has 2 aromatic heterocycles. The SMILES string of the molecule is CCN(CC)c1nc(C(F)(F)F)c(C(=O)Nc2ccc(N3CCN(C(=O)OC4CCCC4)CC3)nc2)o1. The quantitative estimate of drug-likeness (QED) is 0.569. The molecule has 2 amide bonds. The van der Waals surface area contributed by atoms with Crippen LogP contribution in [0.2, 0.25) is 0 Å². The lowest BCUT2D eigenvalue weighted by Gasteiger charge is -2.35. The van der Waals surface area contributed by atoms with E-state index in [0.29, 0.717) is 45.1 Å². The largest absolute Gasteiger partial charge is 0.446 e. The predicted octanol–water partition coefficient (Wildman–Crippen LogP) is 4.39. The maximum atomic E-state index is 13.5. The molecule has 0 aromatic carbocycles. The van der Waals surface area contributed by atoms with Gasteiger partial charge in [0, 0.05) is 39.3 Å². The lowest BCUT2D eigenvalue weighted by Crippen LogP contribution is -2.49. The molecule has 0 atom stereocenters. The van der Waals surface area contributed by atoms with E-state index in [4.69, 9.17) is 9.15 Å². The van der Waals surface area contributed by atoms with E-state index in [1.165, 1.54) is 11.1 Å². The first-order chi connectivity index (χ1) is 17.7. The fourth-order valence-electron chi connectivity index (χ4n) is 4.46. The number of pyridine rings is 1. The number of rotatable bonds is 7. The summed E-state index contributed by atoms with van der Waals surface area (Å²) in [5.74, 6) is -1.34. The molecule has 1 saturated heterocycles. The Balaban J connectivity index is 1.36. The van der Waals surface area contributed by atoms with Crippen molar-refractivity contribution in [3.8, 4) is 0 Å².